The third kappa shape index (κ3) is 3.04. The lowest BCUT2D eigenvalue weighted by molar-refractivity contribution is 0.399. The molecule has 0 aliphatic carbocycles. The molecule has 5 nitrogen and oxygen atoms in total. The topological polar surface area (TPSA) is 66.0 Å². The molecule has 4 aromatic rings. The van der Waals surface area contributed by atoms with E-state index in [1.165, 1.54) is 13.2 Å². The summed E-state index contributed by atoms with van der Waals surface area (Å²) in [7, 11) is 1.52. The minimum atomic E-state index is -0.339. The van der Waals surface area contributed by atoms with Crippen LogP contribution in [-0.4, -0.2) is 21.6 Å². The Bertz CT molecular complexity index is 1120. The average Bonchev–Trinajstić information content (AvgIpc) is 3.11. The van der Waals surface area contributed by atoms with Crippen molar-refractivity contribution < 1.29 is 9.13 Å². The lowest BCUT2D eigenvalue weighted by Crippen LogP contribution is -2.04. The molecule has 0 bridgehead atoms. The Morgan fingerprint density at radius 1 is 1.07 bits per heavy atom. The minimum Gasteiger partial charge on any atom is -0.481 e. The van der Waals surface area contributed by atoms with Crippen molar-refractivity contribution in [2.24, 2.45) is 5.73 Å². The van der Waals surface area contributed by atoms with Gasteiger partial charge in [-0.25, -0.2) is 14.4 Å². The summed E-state index contributed by atoms with van der Waals surface area (Å²) in [6.45, 7) is 1.94. The highest BCUT2D eigenvalue weighted by atomic mass is 19.1. The summed E-state index contributed by atoms with van der Waals surface area (Å²) in [5.41, 5.74) is 10.6. The lowest BCUT2D eigenvalue weighted by Gasteiger charge is -2.11. The van der Waals surface area contributed by atoms with E-state index in [1.54, 1.807) is 36.8 Å². The Balaban J connectivity index is 1.85. The summed E-state index contributed by atoms with van der Waals surface area (Å²) in [5.74, 6) is 0.0410. The van der Waals surface area contributed by atoms with Gasteiger partial charge in [-0.3, -0.25) is 4.57 Å². The Labute approximate surface area is 156 Å². The zero-order valence-corrected chi connectivity index (χ0v) is 15.1. The van der Waals surface area contributed by atoms with E-state index in [-0.39, 0.29) is 11.9 Å². The van der Waals surface area contributed by atoms with Crippen LogP contribution in [-0.2, 0) is 0 Å². The number of pyridine rings is 1. The predicted octanol–water partition coefficient (Wildman–Crippen LogP) is 4.25. The smallest absolute Gasteiger partial charge is 0.221 e. The van der Waals surface area contributed by atoms with Gasteiger partial charge in [-0.15, -0.1) is 0 Å². The highest BCUT2D eigenvalue weighted by molar-refractivity contribution is 5.79. The van der Waals surface area contributed by atoms with E-state index in [0.29, 0.717) is 17.0 Å². The third-order valence-corrected chi connectivity index (χ3v) is 4.58. The van der Waals surface area contributed by atoms with Gasteiger partial charge in [0.2, 0.25) is 5.88 Å². The lowest BCUT2D eigenvalue weighted by atomic mass is 10.1. The van der Waals surface area contributed by atoms with Crippen molar-refractivity contribution in [3.63, 3.8) is 0 Å². The van der Waals surface area contributed by atoms with Crippen molar-refractivity contribution in [2.45, 2.75) is 13.0 Å². The maximum atomic E-state index is 14.5. The minimum absolute atomic E-state index is 0.0602. The standard InChI is InChI=1S/C21H19FN4O/c1-13(23)14-5-8-20-19(10-14)25-12-26(20)15-6-7-18(22)17(11-15)16-4-3-9-24-21(16)27-2/h3-13H,23H2,1-2H3. The summed E-state index contributed by atoms with van der Waals surface area (Å²) >= 11 is 0. The van der Waals surface area contributed by atoms with Gasteiger partial charge in [-0.2, -0.15) is 0 Å². The van der Waals surface area contributed by atoms with Crippen LogP contribution >= 0.6 is 0 Å². The van der Waals surface area contributed by atoms with Gasteiger partial charge in [0.25, 0.3) is 0 Å². The normalized spacial score (nSPS) is 12.3. The number of nitrogens with two attached hydrogens (primary N) is 1. The largest absolute Gasteiger partial charge is 0.481 e. The molecule has 4 rings (SSSR count). The number of hydrogen-bond donors (Lipinski definition) is 1. The van der Waals surface area contributed by atoms with E-state index in [2.05, 4.69) is 9.97 Å². The predicted molar refractivity (Wildman–Crippen MR) is 103 cm³/mol. The molecule has 2 heterocycles. The van der Waals surface area contributed by atoms with Crippen molar-refractivity contribution in [3.8, 4) is 22.7 Å². The van der Waals surface area contributed by atoms with Gasteiger partial charge < -0.3 is 10.5 Å². The number of benzene rings is 2. The maximum Gasteiger partial charge on any atom is 0.221 e. The fourth-order valence-electron chi connectivity index (χ4n) is 3.15. The van der Waals surface area contributed by atoms with E-state index in [4.69, 9.17) is 10.5 Å². The third-order valence-electron chi connectivity index (χ3n) is 4.58. The molecule has 1 atom stereocenters. The van der Waals surface area contributed by atoms with Crippen LogP contribution in [0.4, 0.5) is 4.39 Å². The second-order valence-corrected chi connectivity index (χ2v) is 6.38. The van der Waals surface area contributed by atoms with Crippen LogP contribution in [0.3, 0.4) is 0 Å². The molecule has 0 amide bonds. The average molecular weight is 362 g/mol. The summed E-state index contributed by atoms with van der Waals surface area (Å²) in [4.78, 5) is 8.64. The molecule has 6 heteroatoms. The number of imidazole rings is 1. The van der Waals surface area contributed by atoms with Gasteiger partial charge in [0.1, 0.15) is 12.1 Å². The molecule has 1 unspecified atom stereocenters. The Morgan fingerprint density at radius 2 is 1.93 bits per heavy atom. The molecule has 27 heavy (non-hydrogen) atoms. The van der Waals surface area contributed by atoms with Crippen LogP contribution in [0.25, 0.3) is 27.8 Å². The molecule has 0 fully saturated rings. The van der Waals surface area contributed by atoms with Crippen LogP contribution in [0.2, 0.25) is 0 Å². The number of aromatic nitrogens is 3. The highest BCUT2D eigenvalue weighted by Crippen LogP contribution is 2.32. The summed E-state index contributed by atoms with van der Waals surface area (Å²) < 4.78 is 21.8. The van der Waals surface area contributed by atoms with Crippen LogP contribution in [0, 0.1) is 5.82 Å². The number of nitrogens with zero attached hydrogens (tertiary/aromatic N) is 3. The van der Waals surface area contributed by atoms with E-state index >= 15 is 0 Å². The Kier molecular flexibility index (Phi) is 4.33. The monoisotopic (exact) mass is 362 g/mol. The molecule has 2 N–H and O–H groups in total. The SMILES string of the molecule is COc1ncccc1-c1cc(-n2cnc3cc(C(C)N)ccc32)ccc1F. The van der Waals surface area contributed by atoms with Gasteiger partial charge in [-0.05, 0) is 55.0 Å². The summed E-state index contributed by atoms with van der Waals surface area (Å²) in [6.07, 6.45) is 3.34. The van der Waals surface area contributed by atoms with Crippen molar-refractivity contribution in [3.05, 3.63) is 72.4 Å². The molecular formula is C21H19FN4O. The molecule has 2 aromatic carbocycles. The second kappa shape index (κ2) is 6.81. The zero-order chi connectivity index (χ0) is 19.0. The fourth-order valence-corrected chi connectivity index (χ4v) is 3.15. The Hall–Kier alpha value is -3.25. The number of rotatable bonds is 4. The molecular weight excluding hydrogens is 343 g/mol. The van der Waals surface area contributed by atoms with Gasteiger partial charge in [0.05, 0.1) is 18.1 Å². The summed E-state index contributed by atoms with van der Waals surface area (Å²) in [6, 6.07) is 14.4. The molecule has 0 aliphatic rings. The van der Waals surface area contributed by atoms with Gasteiger partial charge >= 0.3 is 0 Å². The van der Waals surface area contributed by atoms with Gasteiger partial charge in [0.15, 0.2) is 0 Å². The molecule has 0 spiro atoms. The first-order valence-corrected chi connectivity index (χ1v) is 8.60. The van der Waals surface area contributed by atoms with E-state index in [0.717, 1.165) is 22.3 Å². The van der Waals surface area contributed by atoms with Crippen LogP contribution in [0.15, 0.2) is 61.1 Å². The summed E-state index contributed by atoms with van der Waals surface area (Å²) in [5, 5.41) is 0. The number of fused-ring (bicyclic) bond motifs is 1. The Morgan fingerprint density at radius 3 is 2.70 bits per heavy atom. The first-order valence-electron chi connectivity index (χ1n) is 8.60. The maximum absolute atomic E-state index is 14.5. The number of ether oxygens (including phenoxy) is 1. The molecule has 0 radical (unpaired) electrons. The fraction of sp³-hybridized carbons (Fsp3) is 0.143. The number of hydrogen-bond acceptors (Lipinski definition) is 4. The molecule has 0 aliphatic heterocycles. The first-order chi connectivity index (χ1) is 13.1. The van der Waals surface area contributed by atoms with Crippen molar-refractivity contribution >= 4 is 11.0 Å². The molecule has 136 valence electrons. The van der Waals surface area contributed by atoms with Crippen molar-refractivity contribution in [1.82, 2.24) is 14.5 Å². The van der Waals surface area contributed by atoms with Crippen LogP contribution in [0.1, 0.15) is 18.5 Å². The first kappa shape index (κ1) is 17.2. The molecule has 0 saturated heterocycles. The highest BCUT2D eigenvalue weighted by Gasteiger charge is 2.14. The number of methoxy groups -OCH3 is 1. The number of halogens is 1. The van der Waals surface area contributed by atoms with Crippen molar-refractivity contribution in [1.29, 1.82) is 0 Å². The zero-order valence-electron chi connectivity index (χ0n) is 15.1. The molecule has 0 saturated carbocycles. The quantitative estimate of drug-likeness (QED) is 0.589. The van der Waals surface area contributed by atoms with Crippen LogP contribution in [0.5, 0.6) is 5.88 Å². The molecule has 2 aromatic heterocycles. The van der Waals surface area contributed by atoms with E-state index in [1.807, 2.05) is 29.7 Å². The van der Waals surface area contributed by atoms with Crippen molar-refractivity contribution in [2.75, 3.05) is 7.11 Å². The van der Waals surface area contributed by atoms with E-state index < -0.39 is 0 Å². The van der Waals surface area contributed by atoms with Gasteiger partial charge in [-0.1, -0.05) is 6.07 Å². The van der Waals surface area contributed by atoms with Gasteiger partial charge in [0, 0.05) is 29.1 Å². The van der Waals surface area contributed by atoms with E-state index in [9.17, 15) is 4.39 Å². The van der Waals surface area contributed by atoms with Crippen LogP contribution < -0.4 is 10.5 Å². The second-order valence-electron chi connectivity index (χ2n) is 6.38.